The molecule has 0 saturated carbocycles. The molecule has 0 atom stereocenters. The summed E-state index contributed by atoms with van der Waals surface area (Å²) in [6.45, 7) is 0. The van der Waals surface area contributed by atoms with Crippen LogP contribution in [0.25, 0.3) is 74.7 Å². The first-order chi connectivity index (χ1) is 24.8. The van der Waals surface area contributed by atoms with Gasteiger partial charge in [-0.05, 0) is 97.7 Å². The van der Waals surface area contributed by atoms with Crippen molar-refractivity contribution in [1.29, 1.82) is 0 Å². The van der Waals surface area contributed by atoms with Crippen LogP contribution in [0.2, 0.25) is 0 Å². The molecule has 0 N–H and O–H groups in total. The zero-order valence-corrected chi connectivity index (χ0v) is 28.1. The Hall–Kier alpha value is -6.22. The van der Waals surface area contributed by atoms with Crippen LogP contribution < -0.4 is 4.90 Å². The highest BCUT2D eigenvalue weighted by Gasteiger charge is 2.19. The third kappa shape index (κ3) is 4.84. The van der Waals surface area contributed by atoms with Gasteiger partial charge < -0.3 is 4.90 Å². The second-order valence-electron chi connectivity index (χ2n) is 13.0. The minimum Gasteiger partial charge on any atom is -0.310 e. The van der Waals surface area contributed by atoms with E-state index in [9.17, 15) is 0 Å². The van der Waals surface area contributed by atoms with E-state index in [4.69, 9.17) is 0 Å². The molecule has 234 valence electrons. The van der Waals surface area contributed by atoms with E-state index in [-0.39, 0.29) is 0 Å². The van der Waals surface area contributed by atoms with E-state index in [0.717, 1.165) is 11.4 Å². The molecule has 0 unspecified atom stereocenters. The minimum absolute atomic E-state index is 1.13. The Morgan fingerprint density at radius 1 is 0.300 bits per heavy atom. The third-order valence-corrected chi connectivity index (χ3v) is 11.2. The Bertz CT molecular complexity index is 2860. The van der Waals surface area contributed by atoms with Crippen molar-refractivity contribution < 1.29 is 0 Å². The Morgan fingerprint density at radius 2 is 0.840 bits per heavy atom. The zero-order valence-electron chi connectivity index (χ0n) is 27.3. The highest BCUT2D eigenvalue weighted by atomic mass is 32.1. The maximum absolute atomic E-state index is 2.44. The fourth-order valence-corrected chi connectivity index (χ4v) is 8.61. The molecule has 10 rings (SSSR count). The van der Waals surface area contributed by atoms with Crippen LogP contribution in [0.1, 0.15) is 0 Å². The summed E-state index contributed by atoms with van der Waals surface area (Å²) in [6, 6.07) is 68.8. The second-order valence-corrected chi connectivity index (χ2v) is 14.0. The summed E-state index contributed by atoms with van der Waals surface area (Å²) in [5.41, 5.74) is 8.30. The molecule has 0 fully saturated rings. The number of anilines is 3. The van der Waals surface area contributed by atoms with Gasteiger partial charge in [0, 0.05) is 36.9 Å². The summed E-state index contributed by atoms with van der Waals surface area (Å²) in [6.07, 6.45) is 0. The number of rotatable bonds is 5. The van der Waals surface area contributed by atoms with Crippen LogP contribution >= 0.6 is 11.3 Å². The Kier molecular flexibility index (Phi) is 6.75. The van der Waals surface area contributed by atoms with Gasteiger partial charge in [-0.2, -0.15) is 0 Å². The average Bonchev–Trinajstić information content (AvgIpc) is 3.56. The minimum atomic E-state index is 1.13. The first-order valence-electron chi connectivity index (χ1n) is 17.1. The summed E-state index contributed by atoms with van der Waals surface area (Å²) >= 11 is 1.86. The molecule has 0 aliphatic carbocycles. The van der Waals surface area contributed by atoms with E-state index < -0.39 is 0 Å². The van der Waals surface area contributed by atoms with Crippen molar-refractivity contribution in [2.24, 2.45) is 0 Å². The molecule has 0 amide bonds. The predicted molar refractivity (Wildman–Crippen MR) is 217 cm³/mol. The van der Waals surface area contributed by atoms with Crippen LogP contribution in [0.3, 0.4) is 0 Å². The molecule has 0 aliphatic heterocycles. The number of thiophene rings is 1. The van der Waals surface area contributed by atoms with Crippen molar-refractivity contribution in [3.8, 4) is 22.3 Å². The normalized spacial score (nSPS) is 11.6. The number of hydrogen-bond acceptors (Lipinski definition) is 2. The van der Waals surface area contributed by atoms with Gasteiger partial charge in [-0.1, -0.05) is 140 Å². The van der Waals surface area contributed by atoms with Crippen molar-refractivity contribution >= 4 is 80.9 Å². The smallest absolute Gasteiger partial charge is 0.0546 e. The lowest BCUT2D eigenvalue weighted by Gasteiger charge is -2.28. The van der Waals surface area contributed by atoms with Gasteiger partial charge >= 0.3 is 0 Å². The van der Waals surface area contributed by atoms with E-state index >= 15 is 0 Å². The van der Waals surface area contributed by atoms with Crippen molar-refractivity contribution in [1.82, 2.24) is 0 Å². The molecule has 0 radical (unpaired) electrons. The average molecular weight is 654 g/mol. The Morgan fingerprint density at radius 3 is 1.62 bits per heavy atom. The monoisotopic (exact) mass is 653 g/mol. The van der Waals surface area contributed by atoms with Gasteiger partial charge in [0.1, 0.15) is 0 Å². The standard InChI is InChI=1S/C48H31NS/c1-2-10-36-29-37(22-21-32(36)9-1)35-19-17-33(18-20-35)34-23-25-39(26-24-34)49(40-27-28-48-45(31-40)44-15-7-8-16-47(44)50-48)46-30-38-11-3-4-12-41(38)42-13-5-6-14-43(42)46/h1-31H. The van der Waals surface area contributed by atoms with Gasteiger partial charge in [-0.25, -0.2) is 0 Å². The fourth-order valence-electron chi connectivity index (χ4n) is 7.53. The van der Waals surface area contributed by atoms with Gasteiger partial charge in [0.15, 0.2) is 0 Å². The van der Waals surface area contributed by atoms with E-state index in [1.165, 1.54) is 80.4 Å². The van der Waals surface area contributed by atoms with Gasteiger partial charge in [0.2, 0.25) is 0 Å². The van der Waals surface area contributed by atoms with Crippen molar-refractivity contribution in [3.63, 3.8) is 0 Å². The SMILES string of the molecule is c1ccc2cc(-c3ccc(-c4ccc(N(c5ccc6sc7ccccc7c6c5)c5cc6ccccc6c6ccccc56)cc4)cc3)ccc2c1. The van der Waals surface area contributed by atoms with E-state index in [0.29, 0.717) is 0 Å². The van der Waals surface area contributed by atoms with E-state index in [1.54, 1.807) is 0 Å². The van der Waals surface area contributed by atoms with Crippen molar-refractivity contribution in [2.45, 2.75) is 0 Å². The van der Waals surface area contributed by atoms with Crippen LogP contribution in [0.4, 0.5) is 17.1 Å². The topological polar surface area (TPSA) is 3.24 Å². The summed E-state index contributed by atoms with van der Waals surface area (Å²) in [5, 5.41) is 10.1. The summed E-state index contributed by atoms with van der Waals surface area (Å²) < 4.78 is 2.62. The molecule has 50 heavy (non-hydrogen) atoms. The zero-order chi connectivity index (χ0) is 33.0. The highest BCUT2D eigenvalue weighted by Crippen LogP contribution is 2.44. The van der Waals surface area contributed by atoms with Crippen LogP contribution in [0.5, 0.6) is 0 Å². The van der Waals surface area contributed by atoms with Crippen LogP contribution in [-0.4, -0.2) is 0 Å². The lowest BCUT2D eigenvalue weighted by molar-refractivity contribution is 1.31. The van der Waals surface area contributed by atoms with E-state index in [2.05, 4.69) is 193 Å². The molecular weight excluding hydrogens is 623 g/mol. The molecule has 0 spiro atoms. The maximum Gasteiger partial charge on any atom is 0.0546 e. The van der Waals surface area contributed by atoms with Crippen molar-refractivity contribution in [3.05, 3.63) is 188 Å². The Balaban J connectivity index is 1.09. The largest absolute Gasteiger partial charge is 0.310 e. The summed E-state index contributed by atoms with van der Waals surface area (Å²) in [7, 11) is 0. The summed E-state index contributed by atoms with van der Waals surface area (Å²) in [4.78, 5) is 2.44. The predicted octanol–water partition coefficient (Wildman–Crippen LogP) is 14.3. The highest BCUT2D eigenvalue weighted by molar-refractivity contribution is 7.25. The number of hydrogen-bond donors (Lipinski definition) is 0. The molecule has 0 bridgehead atoms. The second kappa shape index (κ2) is 11.7. The fraction of sp³-hybridized carbons (Fsp3) is 0. The molecule has 1 heterocycles. The molecular formula is C48H31NS. The lowest BCUT2D eigenvalue weighted by atomic mass is 9.97. The van der Waals surface area contributed by atoms with Gasteiger partial charge in [-0.15, -0.1) is 11.3 Å². The van der Waals surface area contributed by atoms with Gasteiger partial charge in [0.25, 0.3) is 0 Å². The number of benzene rings is 9. The third-order valence-electron chi connectivity index (χ3n) is 10.0. The lowest BCUT2D eigenvalue weighted by Crippen LogP contribution is -2.10. The summed E-state index contributed by atoms with van der Waals surface area (Å²) in [5.74, 6) is 0. The van der Waals surface area contributed by atoms with E-state index in [1.807, 2.05) is 11.3 Å². The van der Waals surface area contributed by atoms with Crippen molar-refractivity contribution in [2.75, 3.05) is 4.90 Å². The molecule has 9 aromatic carbocycles. The quantitative estimate of drug-likeness (QED) is 0.167. The molecule has 0 saturated heterocycles. The van der Waals surface area contributed by atoms with Gasteiger partial charge in [0.05, 0.1) is 5.69 Å². The Labute approximate surface area is 294 Å². The first kappa shape index (κ1) is 28.8. The maximum atomic E-state index is 2.44. The van der Waals surface area contributed by atoms with Crippen LogP contribution in [0.15, 0.2) is 188 Å². The first-order valence-corrected chi connectivity index (χ1v) is 17.9. The molecule has 1 aromatic heterocycles. The molecule has 2 heteroatoms. The molecule has 0 aliphatic rings. The van der Waals surface area contributed by atoms with Crippen LogP contribution in [0, 0.1) is 0 Å². The molecule has 1 nitrogen and oxygen atoms in total. The molecule has 10 aromatic rings. The van der Waals surface area contributed by atoms with Gasteiger partial charge in [-0.3, -0.25) is 0 Å². The number of fused-ring (bicyclic) bond motifs is 7. The van der Waals surface area contributed by atoms with Crippen LogP contribution in [-0.2, 0) is 0 Å². The number of nitrogens with zero attached hydrogens (tertiary/aromatic N) is 1.